The van der Waals surface area contributed by atoms with Crippen LogP contribution in [0.1, 0.15) is 43.7 Å². The molecule has 220 valence electrons. The number of likely N-dealkylation sites (tertiary alicyclic amines) is 1. The SMILES string of the molecule is CCOc1ccc(NC(=O)[C@H]2[C@H]3C(=O)N(CCCCCO)C(C(=O)Nc4c(C)cccc4C)C34CC(Br)[C@@H]2S4)cc1. The van der Waals surface area contributed by atoms with Crippen molar-refractivity contribution in [2.45, 2.75) is 67.3 Å². The molecule has 3 fully saturated rings. The van der Waals surface area contributed by atoms with Gasteiger partial charge in [-0.15, -0.1) is 11.8 Å². The van der Waals surface area contributed by atoms with Gasteiger partial charge in [-0.2, -0.15) is 0 Å². The number of para-hydroxylation sites is 1. The molecule has 8 nitrogen and oxygen atoms in total. The van der Waals surface area contributed by atoms with E-state index in [4.69, 9.17) is 4.74 Å². The average Bonchev–Trinajstić information content (AvgIpc) is 3.53. The van der Waals surface area contributed by atoms with Crippen LogP contribution < -0.4 is 15.4 Å². The second-order valence-electron chi connectivity index (χ2n) is 11.2. The van der Waals surface area contributed by atoms with Crippen molar-refractivity contribution in [3.8, 4) is 5.75 Å². The number of anilines is 2. The number of carbonyl (C=O) groups excluding carboxylic acids is 3. The largest absolute Gasteiger partial charge is 0.494 e. The zero-order chi connectivity index (χ0) is 29.3. The fraction of sp³-hybridized carbons (Fsp3) is 0.516. The molecule has 3 aliphatic heterocycles. The number of benzene rings is 2. The lowest BCUT2D eigenvalue weighted by Gasteiger charge is -2.35. The van der Waals surface area contributed by atoms with Crippen molar-refractivity contribution in [3.05, 3.63) is 53.6 Å². The minimum Gasteiger partial charge on any atom is -0.494 e. The number of nitrogens with one attached hydrogen (secondary N) is 2. The number of thioether (sulfide) groups is 1. The van der Waals surface area contributed by atoms with E-state index < -0.39 is 22.6 Å². The van der Waals surface area contributed by atoms with E-state index in [1.807, 2.05) is 51.1 Å². The number of aliphatic hydroxyl groups is 1. The third-order valence-corrected chi connectivity index (χ3v) is 11.8. The Bertz CT molecular complexity index is 1290. The highest BCUT2D eigenvalue weighted by Gasteiger charge is 2.75. The molecule has 5 rings (SSSR count). The maximum atomic E-state index is 14.2. The summed E-state index contributed by atoms with van der Waals surface area (Å²) >= 11 is 5.45. The Labute approximate surface area is 254 Å². The maximum absolute atomic E-state index is 14.2. The molecule has 10 heteroatoms. The summed E-state index contributed by atoms with van der Waals surface area (Å²) in [5.41, 5.74) is 3.32. The number of alkyl halides is 1. The van der Waals surface area contributed by atoms with Gasteiger partial charge in [-0.1, -0.05) is 34.1 Å². The van der Waals surface area contributed by atoms with Crippen LogP contribution in [0.4, 0.5) is 11.4 Å². The van der Waals surface area contributed by atoms with Gasteiger partial charge in [0.1, 0.15) is 11.8 Å². The Kier molecular flexibility index (Phi) is 9.01. The minimum atomic E-state index is -0.714. The zero-order valence-corrected chi connectivity index (χ0v) is 26.1. The summed E-state index contributed by atoms with van der Waals surface area (Å²) in [4.78, 5) is 43.9. The van der Waals surface area contributed by atoms with Crippen molar-refractivity contribution in [1.82, 2.24) is 4.90 Å². The first-order valence-electron chi connectivity index (χ1n) is 14.4. The molecule has 1 spiro atoms. The molecule has 41 heavy (non-hydrogen) atoms. The molecular weight excluding hydrogens is 606 g/mol. The Balaban J connectivity index is 1.45. The van der Waals surface area contributed by atoms with Crippen molar-refractivity contribution in [2.24, 2.45) is 11.8 Å². The molecule has 3 N–H and O–H groups in total. The molecule has 3 unspecified atom stereocenters. The molecular formula is C31H38BrN3O5S. The van der Waals surface area contributed by atoms with Gasteiger partial charge in [0.2, 0.25) is 17.7 Å². The van der Waals surface area contributed by atoms with Gasteiger partial charge in [-0.3, -0.25) is 14.4 Å². The summed E-state index contributed by atoms with van der Waals surface area (Å²) < 4.78 is 4.80. The summed E-state index contributed by atoms with van der Waals surface area (Å²) in [6, 6.07) is 12.4. The van der Waals surface area contributed by atoms with Crippen LogP contribution in [0.25, 0.3) is 0 Å². The van der Waals surface area contributed by atoms with E-state index >= 15 is 0 Å². The molecule has 3 heterocycles. The lowest BCUT2D eigenvalue weighted by molar-refractivity contribution is -0.138. The van der Waals surface area contributed by atoms with E-state index in [-0.39, 0.29) is 34.4 Å². The smallest absolute Gasteiger partial charge is 0.248 e. The third-order valence-electron chi connectivity index (χ3n) is 8.56. The van der Waals surface area contributed by atoms with Gasteiger partial charge in [-0.25, -0.2) is 0 Å². The van der Waals surface area contributed by atoms with E-state index in [1.54, 1.807) is 28.8 Å². The molecule has 3 aliphatic rings. The first kappa shape index (κ1) is 29.9. The average molecular weight is 645 g/mol. The molecule has 0 saturated carbocycles. The highest BCUT2D eigenvalue weighted by molar-refractivity contribution is 9.09. The molecule has 6 atom stereocenters. The van der Waals surface area contributed by atoms with Gasteiger partial charge < -0.3 is 25.4 Å². The number of nitrogens with zero attached hydrogens (tertiary/aromatic N) is 1. The van der Waals surface area contributed by atoms with E-state index in [2.05, 4.69) is 26.6 Å². The van der Waals surface area contributed by atoms with Crippen molar-refractivity contribution in [3.63, 3.8) is 0 Å². The first-order chi connectivity index (χ1) is 19.7. The van der Waals surface area contributed by atoms with E-state index in [0.717, 1.165) is 29.0 Å². The lowest BCUT2D eigenvalue weighted by Crippen LogP contribution is -2.53. The number of halogens is 1. The highest BCUT2D eigenvalue weighted by atomic mass is 79.9. The Morgan fingerprint density at radius 2 is 1.78 bits per heavy atom. The molecule has 2 aromatic carbocycles. The number of carbonyl (C=O) groups is 3. The van der Waals surface area contributed by atoms with Gasteiger partial charge in [0.15, 0.2) is 0 Å². The summed E-state index contributed by atoms with van der Waals surface area (Å²) in [5.74, 6) is -0.985. The predicted octanol–water partition coefficient (Wildman–Crippen LogP) is 4.91. The fourth-order valence-corrected chi connectivity index (χ4v) is 10.4. The Morgan fingerprint density at radius 1 is 1.07 bits per heavy atom. The van der Waals surface area contributed by atoms with Crippen LogP contribution in [0.5, 0.6) is 5.75 Å². The summed E-state index contributed by atoms with van der Waals surface area (Å²) in [6.45, 7) is 6.89. The zero-order valence-electron chi connectivity index (χ0n) is 23.7. The second-order valence-corrected chi connectivity index (χ2v) is 13.9. The van der Waals surface area contributed by atoms with Crippen molar-refractivity contribution < 1.29 is 24.2 Å². The van der Waals surface area contributed by atoms with E-state index in [0.29, 0.717) is 38.1 Å². The summed E-state index contributed by atoms with van der Waals surface area (Å²) in [5, 5.41) is 15.3. The molecule has 2 bridgehead atoms. The molecule has 3 saturated heterocycles. The van der Waals surface area contributed by atoms with Crippen LogP contribution in [0.2, 0.25) is 0 Å². The third kappa shape index (κ3) is 5.50. The number of aliphatic hydroxyl groups excluding tert-OH is 1. The van der Waals surface area contributed by atoms with Gasteiger partial charge in [0.25, 0.3) is 0 Å². The quantitative estimate of drug-likeness (QED) is 0.237. The van der Waals surface area contributed by atoms with Crippen LogP contribution in [0.3, 0.4) is 0 Å². The van der Waals surface area contributed by atoms with Crippen LogP contribution in [-0.2, 0) is 14.4 Å². The highest BCUT2D eigenvalue weighted by Crippen LogP contribution is 2.67. The standard InChI is InChI=1S/C31H38BrN3O5S/c1-4-40-21-13-11-20(12-14-21)33-28(37)23-24-30(39)35(15-6-5-7-16-36)27(31(24)17-22(32)26(23)41-31)29(38)34-25-18(2)9-8-10-19(25)3/h8-14,22-24,26-27,36H,4-7,15-17H2,1-3H3,(H,33,37)(H,34,38)/t22?,23-,24-,26-,27?,31?/m0/s1. The second kappa shape index (κ2) is 12.4. The molecule has 0 radical (unpaired) electrons. The van der Waals surface area contributed by atoms with Crippen LogP contribution in [0, 0.1) is 25.7 Å². The number of hydrogen-bond acceptors (Lipinski definition) is 6. The lowest BCUT2D eigenvalue weighted by atomic mass is 9.70. The number of aryl methyl sites for hydroxylation is 2. The summed E-state index contributed by atoms with van der Waals surface area (Å²) in [7, 11) is 0. The topological polar surface area (TPSA) is 108 Å². The van der Waals surface area contributed by atoms with Crippen LogP contribution >= 0.6 is 27.7 Å². The molecule has 0 aliphatic carbocycles. The van der Waals surface area contributed by atoms with Crippen LogP contribution in [0.15, 0.2) is 42.5 Å². The Morgan fingerprint density at radius 3 is 2.44 bits per heavy atom. The fourth-order valence-electron chi connectivity index (χ4n) is 6.77. The van der Waals surface area contributed by atoms with Crippen molar-refractivity contribution >= 4 is 56.8 Å². The number of rotatable bonds is 11. The Hall–Kier alpha value is -2.56. The first-order valence-corrected chi connectivity index (χ1v) is 16.2. The van der Waals surface area contributed by atoms with E-state index in [9.17, 15) is 19.5 Å². The number of unbranched alkanes of at least 4 members (excludes halogenated alkanes) is 2. The molecule has 3 amide bonds. The van der Waals surface area contributed by atoms with Gasteiger partial charge in [-0.05, 0) is 81.8 Å². The van der Waals surface area contributed by atoms with Crippen molar-refractivity contribution in [2.75, 3.05) is 30.4 Å². The number of amides is 3. The normalized spacial score (nSPS) is 28.1. The van der Waals surface area contributed by atoms with E-state index in [1.165, 1.54) is 0 Å². The van der Waals surface area contributed by atoms with Gasteiger partial charge in [0.05, 0.1) is 23.2 Å². The van der Waals surface area contributed by atoms with Crippen molar-refractivity contribution in [1.29, 1.82) is 0 Å². The molecule has 0 aromatic heterocycles. The number of hydrogen-bond donors (Lipinski definition) is 3. The summed E-state index contributed by atoms with van der Waals surface area (Å²) in [6.07, 6.45) is 2.70. The van der Waals surface area contributed by atoms with Crippen LogP contribution in [-0.4, -0.2) is 68.4 Å². The predicted molar refractivity (Wildman–Crippen MR) is 166 cm³/mol. The van der Waals surface area contributed by atoms with Gasteiger partial charge in [0, 0.05) is 34.6 Å². The number of fused-ring (bicyclic) bond motifs is 1. The minimum absolute atomic E-state index is 0.00235. The monoisotopic (exact) mass is 643 g/mol. The molecule has 2 aromatic rings. The van der Waals surface area contributed by atoms with Gasteiger partial charge >= 0.3 is 0 Å². The maximum Gasteiger partial charge on any atom is 0.248 e. The number of ether oxygens (including phenoxy) is 1.